The smallest absolute Gasteiger partial charge is 0.508 e. The number of phosphoric ester groups is 2. The molecule has 9 fully saturated rings. The average molecular weight is 1210 g/mol. The van der Waals surface area contributed by atoms with Gasteiger partial charge in [-0.15, -0.1) is 0 Å². The largest absolute Gasteiger partial charge is 0.524 e. The van der Waals surface area contributed by atoms with E-state index in [2.05, 4.69) is 96.1 Å². The third-order valence-electron chi connectivity index (χ3n) is 21.4. The first kappa shape index (κ1) is 60.5. The zero-order valence-electron chi connectivity index (χ0n) is 51.0. The van der Waals surface area contributed by atoms with Gasteiger partial charge in [-0.05, 0) is 214 Å². The number of fused-ring (bicyclic) bond motifs is 12. The van der Waals surface area contributed by atoms with Crippen LogP contribution in [0.2, 0.25) is 0 Å². The summed E-state index contributed by atoms with van der Waals surface area (Å²) in [6.45, 7) is 27.8. The van der Waals surface area contributed by atoms with Crippen LogP contribution in [0.5, 0.6) is 17.2 Å². The summed E-state index contributed by atoms with van der Waals surface area (Å²) in [6, 6.07) is 19.8. The molecule has 8 N–H and O–H groups in total. The normalized spacial score (nSPS) is 31.5. The zero-order chi connectivity index (χ0) is 59.3. The molecule has 0 radical (unpaired) electrons. The minimum absolute atomic E-state index is 0.0905. The number of nitrogens with zero attached hydrogens (tertiary/aromatic N) is 4. The highest BCUT2D eigenvalue weighted by Crippen LogP contribution is 2.55. The van der Waals surface area contributed by atoms with Gasteiger partial charge in [0.05, 0.1) is 0 Å². The predicted molar refractivity (Wildman–Crippen MR) is 338 cm³/mol. The maximum absolute atomic E-state index is 11.2. The first-order valence-electron chi connectivity index (χ1n) is 31.9. The van der Waals surface area contributed by atoms with Gasteiger partial charge in [0.15, 0.2) is 0 Å². The number of aromatic hydroxyl groups is 1. The van der Waals surface area contributed by atoms with Crippen LogP contribution in [-0.4, -0.2) is 142 Å². The van der Waals surface area contributed by atoms with E-state index in [4.69, 9.17) is 28.6 Å². The summed E-state index contributed by atoms with van der Waals surface area (Å²) in [4.78, 5) is 55.6. The fraction of sp³-hybridized carbons (Fsp3) is 0.631. The van der Waals surface area contributed by atoms with Crippen LogP contribution < -0.4 is 9.05 Å². The van der Waals surface area contributed by atoms with Gasteiger partial charge >= 0.3 is 15.6 Å². The molecule has 9 aliphatic heterocycles. The van der Waals surface area contributed by atoms with Gasteiger partial charge < -0.3 is 29.1 Å². The van der Waals surface area contributed by atoms with Crippen molar-refractivity contribution in [3.05, 3.63) is 88.4 Å². The number of rotatable bonds is 10. The lowest BCUT2D eigenvalue weighted by Gasteiger charge is -2.53. The van der Waals surface area contributed by atoms with Gasteiger partial charge in [0.1, 0.15) is 17.2 Å². The first-order chi connectivity index (χ1) is 40.1. The molecule has 84 heavy (non-hydrogen) atoms. The van der Waals surface area contributed by atoms with E-state index in [9.17, 15) is 14.2 Å². The molecule has 458 valence electrons. The van der Waals surface area contributed by atoms with Gasteiger partial charge in [0.25, 0.3) is 0 Å². The number of phenolic OH excluding ortho intramolecular Hbond substituents is 1. The zero-order valence-corrected chi connectivity index (χ0v) is 53.7. The molecule has 3 saturated carbocycles. The summed E-state index contributed by atoms with van der Waals surface area (Å²) in [6.07, 6.45) is 14.9. The van der Waals surface area contributed by atoms with E-state index < -0.39 is 15.6 Å². The van der Waals surface area contributed by atoms with E-state index in [0.717, 1.165) is 95.7 Å². The Labute approximate surface area is 498 Å². The van der Waals surface area contributed by atoms with Crippen molar-refractivity contribution in [2.24, 2.45) is 35.5 Å². The van der Waals surface area contributed by atoms with Gasteiger partial charge in [-0.3, -0.25) is 38.9 Å². The van der Waals surface area contributed by atoms with Crippen molar-refractivity contribution in [2.45, 2.75) is 173 Å². The number of hydrogen-bond donors (Lipinski definition) is 8. The van der Waals surface area contributed by atoms with Crippen molar-refractivity contribution in [2.75, 3.05) is 52.6 Å². The monoisotopic (exact) mass is 1210 g/mol. The number of H-pyrrole nitrogens is 3. The molecule has 12 heterocycles. The Kier molecular flexibility index (Phi) is 17.3. The number of phenols is 1. The van der Waals surface area contributed by atoms with Crippen molar-refractivity contribution >= 4 is 56.4 Å². The molecular formula is C65H94N7O9P3. The number of hydrogen-bond acceptors (Lipinski definition) is 9. The summed E-state index contributed by atoms with van der Waals surface area (Å²) in [5.74, 6) is 7.49. The van der Waals surface area contributed by atoms with Gasteiger partial charge in [-0.25, -0.2) is 9.13 Å². The Morgan fingerprint density at radius 2 is 0.869 bits per heavy atom. The van der Waals surface area contributed by atoms with Crippen molar-refractivity contribution in [3.63, 3.8) is 0 Å². The second-order valence-corrected chi connectivity index (χ2v) is 31.8. The Morgan fingerprint density at radius 1 is 0.536 bits per heavy atom. The molecule has 15 atom stereocenters. The quantitative estimate of drug-likeness (QED) is 0.0600. The lowest BCUT2D eigenvalue weighted by molar-refractivity contribution is -0.0134. The molecule has 6 unspecified atom stereocenters. The number of benzene rings is 3. The number of phosphoric acid groups is 2. The number of aromatic amines is 3. The van der Waals surface area contributed by atoms with E-state index in [1.807, 2.05) is 24.3 Å². The summed E-state index contributed by atoms with van der Waals surface area (Å²) in [7, 11) is -8.99. The van der Waals surface area contributed by atoms with Crippen molar-refractivity contribution in [1.82, 2.24) is 34.3 Å². The molecule has 6 aromatic rings. The SMILES string of the molecule is CC(C)N(C(C)C)P(C)C.CC[C@H]1C[C@H]2C[C@H]3c4[nH]c5ccc(O)cc5c4CCN(C2)C13.CC[C@H]1C[C@H]2C[C@H]3c4[nH]c5ccc(OP(=O)(O)O)cc5c4CCN(C2)C13.CC[C@H]1C[C@H]2C[C@H]3c4[nH]c5ccc(OP(=O)(O)O)cc5c4CCN(C2)C13. The summed E-state index contributed by atoms with van der Waals surface area (Å²) < 4.78 is 34.6. The highest BCUT2D eigenvalue weighted by atomic mass is 31.2. The fourth-order valence-corrected chi connectivity index (χ4v) is 21.6. The Balaban J connectivity index is 0.000000115. The molecule has 3 aromatic heterocycles. The van der Waals surface area contributed by atoms with Crippen LogP contribution >= 0.6 is 23.7 Å². The van der Waals surface area contributed by atoms with Crippen molar-refractivity contribution in [1.29, 1.82) is 0 Å². The molecule has 3 aromatic carbocycles. The Bertz CT molecular complexity index is 3270. The molecule has 0 amide bonds. The molecule has 16 nitrogen and oxygen atoms in total. The van der Waals surface area contributed by atoms with Crippen LogP contribution in [0.1, 0.15) is 158 Å². The van der Waals surface area contributed by atoms with E-state index in [0.29, 0.717) is 47.7 Å². The number of aromatic nitrogens is 3. The minimum Gasteiger partial charge on any atom is -0.508 e. The van der Waals surface area contributed by atoms with Crippen molar-refractivity contribution in [3.8, 4) is 17.2 Å². The standard InChI is InChI=1S/2C19H25N2O4P.C19H24N2O.C8H20NP/c2*1-2-12-7-11-8-16-18-14(5-6-21(10-11)19(12)16)15-9-13(25-26(22,23)24)3-4-17(15)20-18;1-2-12-7-11-8-16-18-14(5-6-21(10-11)19(12)16)15-9-13(22)3-4-17(15)20-18;1-7(2)9(8(3)4)10(5)6/h2*3-4,9,11-12,16,19-20H,2,5-8,10H2,1H3,(H2,22,23,24);3-4,9,11-12,16,19-20,22H,2,5-8,10H2,1H3;7-8H,1-6H3/t3*11-,12-,16-,19?;/m000./s1. The van der Waals surface area contributed by atoms with Crippen LogP contribution in [0.4, 0.5) is 0 Å². The van der Waals surface area contributed by atoms with Gasteiger partial charge in [0.2, 0.25) is 0 Å². The molecule has 19 heteroatoms. The summed E-state index contributed by atoms with van der Waals surface area (Å²) >= 11 is 0. The fourth-order valence-electron chi connectivity index (χ4n) is 18.9. The van der Waals surface area contributed by atoms with Crippen LogP contribution in [0.25, 0.3) is 32.7 Å². The second kappa shape index (κ2) is 24.0. The van der Waals surface area contributed by atoms with E-state index >= 15 is 0 Å². The summed E-state index contributed by atoms with van der Waals surface area (Å²) in [5.41, 5.74) is 11.6. The highest BCUT2D eigenvalue weighted by Gasteiger charge is 2.51. The summed E-state index contributed by atoms with van der Waals surface area (Å²) in [5, 5.41) is 13.2. The first-order valence-corrected chi connectivity index (χ1v) is 37.1. The third-order valence-corrected chi connectivity index (χ3v) is 24.2. The molecule has 3 aliphatic carbocycles. The van der Waals surface area contributed by atoms with Crippen molar-refractivity contribution < 1.29 is 42.9 Å². The van der Waals surface area contributed by atoms with Gasteiger partial charge in [0, 0.05) is 137 Å². The van der Waals surface area contributed by atoms with Crippen LogP contribution in [0, 0.1) is 35.5 Å². The molecule has 12 aliphatic rings. The average Bonchev–Trinajstić information content (AvgIpc) is 1.91. The highest BCUT2D eigenvalue weighted by molar-refractivity contribution is 7.53. The molecular weight excluding hydrogens is 1120 g/mol. The van der Waals surface area contributed by atoms with E-state index in [1.54, 1.807) is 30.3 Å². The van der Waals surface area contributed by atoms with Crippen LogP contribution in [0.15, 0.2) is 54.6 Å². The number of piperidine rings is 6. The maximum atomic E-state index is 11.2. The topological polar surface area (TPSA) is 214 Å². The van der Waals surface area contributed by atoms with E-state index in [1.165, 1.54) is 129 Å². The van der Waals surface area contributed by atoms with E-state index in [-0.39, 0.29) is 19.6 Å². The third kappa shape index (κ3) is 11.9. The minimum atomic E-state index is -4.54. The number of nitrogens with one attached hydrogen (secondary N) is 3. The Morgan fingerprint density at radius 3 is 1.17 bits per heavy atom. The lowest BCUT2D eigenvalue weighted by Crippen LogP contribution is -2.56. The molecule has 12 bridgehead atoms. The molecule has 6 saturated heterocycles. The van der Waals surface area contributed by atoms with Crippen LogP contribution in [0.3, 0.4) is 0 Å². The Hall–Kier alpha value is -3.75. The molecule has 18 rings (SSSR count). The predicted octanol–water partition coefficient (Wildman–Crippen LogP) is 13.2. The van der Waals surface area contributed by atoms with Gasteiger partial charge in [-0.1, -0.05) is 40.0 Å². The second-order valence-electron chi connectivity index (χ2n) is 27.3. The maximum Gasteiger partial charge on any atom is 0.524 e. The molecule has 0 spiro atoms. The van der Waals surface area contributed by atoms with Crippen LogP contribution in [-0.2, 0) is 28.4 Å². The lowest BCUT2D eigenvalue weighted by atomic mass is 9.65. The van der Waals surface area contributed by atoms with Gasteiger partial charge in [-0.2, -0.15) is 0 Å².